The van der Waals surface area contributed by atoms with E-state index in [-0.39, 0.29) is 12.5 Å². The molecule has 86 valence electrons. The van der Waals surface area contributed by atoms with Crippen LogP contribution in [0.4, 0.5) is 0 Å². The van der Waals surface area contributed by atoms with Crippen molar-refractivity contribution in [3.8, 4) is 0 Å². The van der Waals surface area contributed by atoms with Crippen LogP contribution in [0.15, 0.2) is 0 Å². The van der Waals surface area contributed by atoms with Crippen molar-refractivity contribution in [2.45, 2.75) is 31.7 Å². The Morgan fingerprint density at radius 2 is 1.93 bits per heavy atom. The van der Waals surface area contributed by atoms with Crippen LogP contribution >= 0.6 is 0 Å². The van der Waals surface area contributed by atoms with E-state index in [2.05, 4.69) is 5.32 Å². The molecule has 15 heavy (non-hydrogen) atoms. The number of amides is 1. The van der Waals surface area contributed by atoms with Gasteiger partial charge in [-0.25, -0.2) is 0 Å². The van der Waals surface area contributed by atoms with E-state index in [0.717, 1.165) is 31.8 Å². The van der Waals surface area contributed by atoms with E-state index >= 15 is 0 Å². The lowest BCUT2D eigenvalue weighted by Crippen LogP contribution is -2.47. The summed E-state index contributed by atoms with van der Waals surface area (Å²) >= 11 is 0. The molecule has 0 radical (unpaired) electrons. The molecular weight excluding hydrogens is 190 g/mol. The topological polar surface area (TPSA) is 58.4 Å². The number of hydrogen-bond donors (Lipinski definition) is 2. The summed E-state index contributed by atoms with van der Waals surface area (Å²) in [5.74, 6) is 1.03. The van der Waals surface area contributed by atoms with Crippen LogP contribution in [0.25, 0.3) is 0 Å². The zero-order valence-electron chi connectivity index (χ0n) is 9.24. The monoisotopic (exact) mass is 211 g/mol. The van der Waals surface area contributed by atoms with Crippen molar-refractivity contribution >= 4 is 5.91 Å². The van der Waals surface area contributed by atoms with E-state index in [9.17, 15) is 4.79 Å². The number of piperidine rings is 1. The van der Waals surface area contributed by atoms with Gasteiger partial charge in [-0.3, -0.25) is 4.79 Å². The lowest BCUT2D eigenvalue weighted by Gasteiger charge is -2.32. The number of rotatable bonds is 4. The predicted octanol–water partition coefficient (Wildman–Crippen LogP) is -0.0643. The fourth-order valence-corrected chi connectivity index (χ4v) is 2.12. The molecule has 2 fully saturated rings. The molecule has 4 nitrogen and oxygen atoms in total. The number of carbonyl (C=O) groups is 1. The molecule has 0 unspecified atom stereocenters. The number of nitrogens with one attached hydrogen (secondary N) is 1. The van der Waals surface area contributed by atoms with Crippen molar-refractivity contribution in [2.75, 3.05) is 26.2 Å². The van der Waals surface area contributed by atoms with E-state index in [0.29, 0.717) is 6.04 Å². The molecule has 2 aliphatic rings. The van der Waals surface area contributed by atoms with Gasteiger partial charge in [0.2, 0.25) is 5.91 Å². The number of nitrogens with zero attached hydrogens (tertiary/aromatic N) is 1. The standard InChI is InChI=1S/C11H21N3O/c12-7-11(15)14-5-3-10(4-6-14)13-8-9-1-2-9/h9-10,13H,1-8,12H2. The fourth-order valence-electron chi connectivity index (χ4n) is 2.12. The first-order valence-electron chi connectivity index (χ1n) is 6.01. The van der Waals surface area contributed by atoms with Crippen LogP contribution in [0, 0.1) is 5.92 Å². The highest BCUT2D eigenvalue weighted by Gasteiger charge is 2.25. The lowest BCUT2D eigenvalue weighted by atomic mass is 10.0. The maximum Gasteiger partial charge on any atom is 0.236 e. The lowest BCUT2D eigenvalue weighted by molar-refractivity contribution is -0.130. The van der Waals surface area contributed by atoms with E-state index < -0.39 is 0 Å². The molecule has 0 aromatic rings. The van der Waals surface area contributed by atoms with Crippen LogP contribution in [-0.2, 0) is 4.79 Å². The minimum atomic E-state index is 0.0932. The van der Waals surface area contributed by atoms with Gasteiger partial charge in [-0.15, -0.1) is 0 Å². The second kappa shape index (κ2) is 4.94. The molecule has 0 bridgehead atoms. The van der Waals surface area contributed by atoms with Gasteiger partial charge in [-0.05, 0) is 38.1 Å². The molecule has 1 saturated carbocycles. The third-order valence-corrected chi connectivity index (χ3v) is 3.41. The molecule has 1 aliphatic carbocycles. The van der Waals surface area contributed by atoms with Crippen molar-refractivity contribution < 1.29 is 4.79 Å². The Bertz CT molecular complexity index is 220. The highest BCUT2D eigenvalue weighted by Crippen LogP contribution is 2.28. The molecule has 0 aromatic carbocycles. The van der Waals surface area contributed by atoms with Crippen LogP contribution in [0.5, 0.6) is 0 Å². The first-order chi connectivity index (χ1) is 7.29. The molecule has 0 atom stereocenters. The van der Waals surface area contributed by atoms with Crippen molar-refractivity contribution in [1.29, 1.82) is 0 Å². The fraction of sp³-hybridized carbons (Fsp3) is 0.909. The number of carbonyl (C=O) groups excluding carboxylic acids is 1. The molecular formula is C11H21N3O. The van der Waals surface area contributed by atoms with Crippen LogP contribution in [0.3, 0.4) is 0 Å². The van der Waals surface area contributed by atoms with Gasteiger partial charge in [0.15, 0.2) is 0 Å². The smallest absolute Gasteiger partial charge is 0.236 e. The third-order valence-electron chi connectivity index (χ3n) is 3.41. The highest BCUT2D eigenvalue weighted by molar-refractivity contribution is 5.78. The summed E-state index contributed by atoms with van der Waals surface area (Å²) in [5, 5.41) is 3.59. The summed E-state index contributed by atoms with van der Waals surface area (Å²) in [7, 11) is 0. The maximum absolute atomic E-state index is 11.3. The Hall–Kier alpha value is -0.610. The molecule has 0 aromatic heterocycles. The molecule has 1 saturated heterocycles. The van der Waals surface area contributed by atoms with E-state index in [1.807, 2.05) is 4.90 Å². The summed E-state index contributed by atoms with van der Waals surface area (Å²) in [6, 6.07) is 0.618. The van der Waals surface area contributed by atoms with Gasteiger partial charge < -0.3 is 16.0 Å². The molecule has 1 heterocycles. The Morgan fingerprint density at radius 3 is 2.47 bits per heavy atom. The molecule has 1 amide bonds. The van der Waals surface area contributed by atoms with Gasteiger partial charge >= 0.3 is 0 Å². The Balaban J connectivity index is 1.64. The normalized spacial score (nSPS) is 23.1. The number of hydrogen-bond acceptors (Lipinski definition) is 3. The summed E-state index contributed by atoms with van der Waals surface area (Å²) in [5.41, 5.74) is 5.34. The minimum absolute atomic E-state index is 0.0932. The summed E-state index contributed by atoms with van der Waals surface area (Å²) < 4.78 is 0. The van der Waals surface area contributed by atoms with Crippen molar-refractivity contribution in [3.63, 3.8) is 0 Å². The highest BCUT2D eigenvalue weighted by atomic mass is 16.2. The van der Waals surface area contributed by atoms with Crippen LogP contribution in [0.1, 0.15) is 25.7 Å². The SMILES string of the molecule is NCC(=O)N1CCC(NCC2CC2)CC1. The Labute approximate surface area is 91.2 Å². The summed E-state index contributed by atoms with van der Waals surface area (Å²) in [6.45, 7) is 3.08. The van der Waals surface area contributed by atoms with Gasteiger partial charge in [0.1, 0.15) is 0 Å². The largest absolute Gasteiger partial charge is 0.341 e. The number of nitrogens with two attached hydrogens (primary N) is 1. The zero-order valence-corrected chi connectivity index (χ0v) is 9.24. The van der Waals surface area contributed by atoms with E-state index in [1.54, 1.807) is 0 Å². The van der Waals surface area contributed by atoms with Gasteiger partial charge in [0.05, 0.1) is 6.54 Å². The summed E-state index contributed by atoms with van der Waals surface area (Å²) in [4.78, 5) is 13.2. The second-order valence-electron chi connectivity index (χ2n) is 4.71. The summed E-state index contributed by atoms with van der Waals surface area (Å²) in [6.07, 6.45) is 4.96. The third kappa shape index (κ3) is 3.18. The maximum atomic E-state index is 11.3. The van der Waals surface area contributed by atoms with Crippen molar-refractivity contribution in [2.24, 2.45) is 11.7 Å². The molecule has 2 rings (SSSR count). The van der Waals surface area contributed by atoms with Crippen molar-refractivity contribution in [1.82, 2.24) is 10.2 Å². The van der Waals surface area contributed by atoms with E-state index in [4.69, 9.17) is 5.73 Å². The Kier molecular flexibility index (Phi) is 3.59. The van der Waals surface area contributed by atoms with Gasteiger partial charge in [-0.1, -0.05) is 0 Å². The Morgan fingerprint density at radius 1 is 1.27 bits per heavy atom. The van der Waals surface area contributed by atoms with Gasteiger partial charge in [-0.2, -0.15) is 0 Å². The van der Waals surface area contributed by atoms with Gasteiger partial charge in [0, 0.05) is 19.1 Å². The first kappa shape index (κ1) is 10.9. The van der Waals surface area contributed by atoms with Gasteiger partial charge in [0.25, 0.3) is 0 Å². The average molecular weight is 211 g/mol. The zero-order chi connectivity index (χ0) is 10.7. The average Bonchev–Trinajstić information content (AvgIpc) is 3.10. The van der Waals surface area contributed by atoms with Crippen LogP contribution in [0.2, 0.25) is 0 Å². The predicted molar refractivity (Wildman–Crippen MR) is 59.4 cm³/mol. The second-order valence-corrected chi connectivity index (χ2v) is 4.71. The molecule has 1 aliphatic heterocycles. The first-order valence-corrected chi connectivity index (χ1v) is 6.01. The minimum Gasteiger partial charge on any atom is -0.341 e. The molecule has 0 spiro atoms. The number of likely N-dealkylation sites (tertiary alicyclic amines) is 1. The van der Waals surface area contributed by atoms with Crippen molar-refractivity contribution in [3.05, 3.63) is 0 Å². The molecule has 3 N–H and O–H groups in total. The van der Waals surface area contributed by atoms with Crippen LogP contribution in [-0.4, -0.2) is 43.0 Å². The molecule has 4 heteroatoms. The van der Waals surface area contributed by atoms with E-state index in [1.165, 1.54) is 19.4 Å². The van der Waals surface area contributed by atoms with Crippen LogP contribution < -0.4 is 11.1 Å². The quantitative estimate of drug-likeness (QED) is 0.684.